The SMILES string of the molecule is C=C(F)C(=O)N1CCN(c2nc(OC3CN(C)C3)nc3cc(-c4cccc5cccc(Cl)c45)c4c(c23)OCCC4)CC1CC#N. The highest BCUT2D eigenvalue weighted by atomic mass is 35.5. The van der Waals surface area contributed by atoms with E-state index in [4.69, 9.17) is 31.0 Å². The number of halogens is 2. The Morgan fingerprint density at radius 2 is 1.96 bits per heavy atom. The van der Waals surface area contributed by atoms with E-state index in [0.717, 1.165) is 64.5 Å². The summed E-state index contributed by atoms with van der Waals surface area (Å²) in [6.45, 7) is 6.12. The third kappa shape index (κ3) is 5.30. The highest BCUT2D eigenvalue weighted by Crippen LogP contribution is 2.46. The highest BCUT2D eigenvalue weighted by molar-refractivity contribution is 6.36. The fourth-order valence-corrected chi connectivity index (χ4v) is 7.04. The third-order valence-corrected chi connectivity index (χ3v) is 9.19. The molecule has 230 valence electrons. The summed E-state index contributed by atoms with van der Waals surface area (Å²) in [4.78, 5) is 28.0. The first-order valence-electron chi connectivity index (χ1n) is 15.1. The Labute approximate surface area is 265 Å². The molecule has 2 saturated heterocycles. The number of hydrogen-bond donors (Lipinski definition) is 0. The van der Waals surface area contributed by atoms with Crippen LogP contribution in [-0.2, 0) is 11.2 Å². The average molecular weight is 627 g/mol. The molecule has 1 amide bonds. The van der Waals surface area contributed by atoms with Crippen LogP contribution in [-0.4, -0.2) is 84.2 Å². The molecule has 3 aliphatic heterocycles. The molecule has 0 bridgehead atoms. The predicted octanol–water partition coefficient (Wildman–Crippen LogP) is 5.54. The Hall–Kier alpha value is -4.46. The van der Waals surface area contributed by atoms with Crippen molar-refractivity contribution in [2.45, 2.75) is 31.4 Å². The molecule has 0 N–H and O–H groups in total. The fourth-order valence-electron chi connectivity index (χ4n) is 6.75. The lowest BCUT2D eigenvalue weighted by atomic mass is 9.89. The largest absolute Gasteiger partial charge is 0.492 e. The number of likely N-dealkylation sites (N-methyl/N-ethyl adjacent to an activating group) is 1. The van der Waals surface area contributed by atoms with Crippen molar-refractivity contribution in [2.75, 3.05) is 51.3 Å². The number of hydrogen-bond acceptors (Lipinski definition) is 8. The van der Waals surface area contributed by atoms with Crippen LogP contribution in [0, 0.1) is 11.3 Å². The topological polar surface area (TPSA) is 94.8 Å². The van der Waals surface area contributed by atoms with Gasteiger partial charge in [0.1, 0.15) is 17.7 Å². The molecule has 1 aromatic heterocycles. The van der Waals surface area contributed by atoms with Crippen LogP contribution in [0.2, 0.25) is 5.02 Å². The molecule has 4 heterocycles. The van der Waals surface area contributed by atoms with E-state index in [9.17, 15) is 14.4 Å². The Morgan fingerprint density at radius 3 is 2.71 bits per heavy atom. The molecule has 11 heteroatoms. The van der Waals surface area contributed by atoms with Gasteiger partial charge in [0.2, 0.25) is 0 Å². The lowest BCUT2D eigenvalue weighted by Crippen LogP contribution is -2.55. The standard InChI is InChI=1S/C34H32ClFN6O3/c1-20(36)33(43)42-14-13-41(17-22(42)11-12-37)32-30-28(38-34(39-32)45-23-18-40(2)19-23)16-26(25-9-5-15-44-31(25)30)24-8-3-6-21-7-4-10-27(35)29(21)24/h3-4,6-8,10,16,22-23H,1,5,9,11,13-15,17-19H2,2H3. The maximum absolute atomic E-state index is 13.9. The van der Waals surface area contributed by atoms with Crippen LogP contribution >= 0.6 is 11.6 Å². The molecular weight excluding hydrogens is 595 g/mol. The molecular formula is C34H32ClFN6O3. The van der Waals surface area contributed by atoms with Crippen LogP contribution < -0.4 is 14.4 Å². The molecule has 3 aromatic carbocycles. The number of aromatic nitrogens is 2. The normalized spacial score (nSPS) is 18.7. The van der Waals surface area contributed by atoms with Crippen molar-refractivity contribution < 1.29 is 18.7 Å². The summed E-state index contributed by atoms with van der Waals surface area (Å²) in [6.07, 6.45) is 1.65. The van der Waals surface area contributed by atoms with Crippen molar-refractivity contribution in [2.24, 2.45) is 0 Å². The van der Waals surface area contributed by atoms with Crippen molar-refractivity contribution in [3.05, 3.63) is 65.5 Å². The van der Waals surface area contributed by atoms with E-state index in [1.165, 1.54) is 4.90 Å². The predicted molar refractivity (Wildman–Crippen MR) is 171 cm³/mol. The maximum atomic E-state index is 13.9. The van der Waals surface area contributed by atoms with Gasteiger partial charge in [-0.3, -0.25) is 9.69 Å². The summed E-state index contributed by atoms with van der Waals surface area (Å²) in [5.74, 6) is -0.504. The zero-order chi connectivity index (χ0) is 31.2. The molecule has 45 heavy (non-hydrogen) atoms. The van der Waals surface area contributed by atoms with Crippen LogP contribution in [0.15, 0.2) is 54.9 Å². The van der Waals surface area contributed by atoms with Crippen molar-refractivity contribution in [3.8, 4) is 29.0 Å². The van der Waals surface area contributed by atoms with Crippen molar-refractivity contribution in [1.29, 1.82) is 5.26 Å². The molecule has 0 saturated carbocycles. The summed E-state index contributed by atoms with van der Waals surface area (Å²) >= 11 is 6.78. The van der Waals surface area contributed by atoms with E-state index in [-0.39, 0.29) is 31.6 Å². The van der Waals surface area contributed by atoms with E-state index in [1.54, 1.807) is 0 Å². The minimum atomic E-state index is -1.04. The molecule has 0 aliphatic carbocycles. The first-order valence-corrected chi connectivity index (χ1v) is 15.5. The minimum Gasteiger partial charge on any atom is -0.492 e. The van der Waals surface area contributed by atoms with Crippen molar-refractivity contribution in [1.82, 2.24) is 19.8 Å². The van der Waals surface area contributed by atoms with E-state index < -0.39 is 17.8 Å². The molecule has 0 radical (unpaired) electrons. The average Bonchev–Trinajstić information content (AvgIpc) is 3.03. The number of nitrogens with zero attached hydrogens (tertiary/aromatic N) is 6. The monoisotopic (exact) mass is 626 g/mol. The maximum Gasteiger partial charge on any atom is 0.319 e. The number of carbonyl (C=O) groups excluding carboxylic acids is 1. The molecule has 1 unspecified atom stereocenters. The molecule has 1 atom stereocenters. The van der Waals surface area contributed by atoms with Crippen molar-refractivity contribution >= 4 is 45.0 Å². The number of amides is 1. The summed E-state index contributed by atoms with van der Waals surface area (Å²) in [5.41, 5.74) is 3.71. The van der Waals surface area contributed by atoms with E-state index in [1.807, 2.05) is 30.1 Å². The number of carbonyl (C=O) groups is 1. The first-order chi connectivity index (χ1) is 21.8. The number of rotatable bonds is 6. The summed E-state index contributed by atoms with van der Waals surface area (Å²) < 4.78 is 26.6. The molecule has 7 rings (SSSR count). The van der Waals surface area contributed by atoms with E-state index >= 15 is 0 Å². The van der Waals surface area contributed by atoms with Crippen LogP contribution in [0.5, 0.6) is 11.8 Å². The molecule has 4 aromatic rings. The van der Waals surface area contributed by atoms with Gasteiger partial charge in [-0.1, -0.05) is 48.5 Å². The van der Waals surface area contributed by atoms with Gasteiger partial charge < -0.3 is 19.3 Å². The number of anilines is 1. The zero-order valence-corrected chi connectivity index (χ0v) is 25.7. The van der Waals surface area contributed by atoms with Crippen LogP contribution in [0.25, 0.3) is 32.8 Å². The van der Waals surface area contributed by atoms with Gasteiger partial charge in [-0.25, -0.2) is 4.39 Å². The number of fused-ring (bicyclic) bond motifs is 4. The van der Waals surface area contributed by atoms with Crippen LogP contribution in [0.1, 0.15) is 18.4 Å². The van der Waals surface area contributed by atoms with Crippen molar-refractivity contribution in [3.63, 3.8) is 0 Å². The molecule has 3 aliphatic rings. The molecule has 9 nitrogen and oxygen atoms in total. The van der Waals surface area contributed by atoms with Gasteiger partial charge in [-0.05, 0) is 48.5 Å². The van der Waals surface area contributed by atoms with E-state index in [0.29, 0.717) is 29.5 Å². The van der Waals surface area contributed by atoms with Crippen LogP contribution in [0.4, 0.5) is 10.2 Å². The summed E-state index contributed by atoms with van der Waals surface area (Å²) in [6, 6.07) is 16.0. The van der Waals surface area contributed by atoms with Gasteiger partial charge in [0.25, 0.3) is 5.91 Å². The second kappa shape index (κ2) is 11.8. The second-order valence-corrected chi connectivity index (χ2v) is 12.3. The lowest BCUT2D eigenvalue weighted by molar-refractivity contribution is -0.131. The molecule has 2 fully saturated rings. The Morgan fingerprint density at radius 1 is 1.16 bits per heavy atom. The molecule has 0 spiro atoms. The summed E-state index contributed by atoms with van der Waals surface area (Å²) in [7, 11) is 2.03. The fraction of sp³-hybridized carbons (Fsp3) is 0.353. The number of likely N-dealkylation sites (tertiary alicyclic amines) is 1. The van der Waals surface area contributed by atoms with E-state index in [2.05, 4.69) is 41.8 Å². The second-order valence-electron chi connectivity index (χ2n) is 11.9. The van der Waals surface area contributed by atoms with Gasteiger partial charge >= 0.3 is 6.01 Å². The Balaban J connectivity index is 1.41. The zero-order valence-electron chi connectivity index (χ0n) is 24.9. The van der Waals surface area contributed by atoms with Gasteiger partial charge in [0, 0.05) is 48.7 Å². The minimum absolute atomic E-state index is 0.0386. The number of piperazine rings is 1. The first kappa shape index (κ1) is 29.3. The number of ether oxygens (including phenoxy) is 2. The van der Waals surface area contributed by atoms with Crippen LogP contribution in [0.3, 0.4) is 0 Å². The summed E-state index contributed by atoms with van der Waals surface area (Å²) in [5, 5.41) is 13.0. The smallest absolute Gasteiger partial charge is 0.319 e. The van der Waals surface area contributed by atoms with Gasteiger partial charge in [0.15, 0.2) is 5.83 Å². The lowest BCUT2D eigenvalue weighted by Gasteiger charge is -2.41. The van der Waals surface area contributed by atoms with Gasteiger partial charge in [-0.2, -0.15) is 15.2 Å². The third-order valence-electron chi connectivity index (χ3n) is 8.87. The quantitative estimate of drug-likeness (QED) is 0.258. The Bertz CT molecular complexity index is 1880. The Kier molecular flexibility index (Phi) is 7.68. The van der Waals surface area contributed by atoms with Gasteiger partial charge in [-0.15, -0.1) is 0 Å². The highest BCUT2D eigenvalue weighted by Gasteiger charge is 2.35. The number of nitriles is 1. The number of benzene rings is 3. The van der Waals surface area contributed by atoms with Gasteiger partial charge in [0.05, 0.1) is 36.0 Å².